The Morgan fingerprint density at radius 1 is 0.967 bits per heavy atom. The van der Waals surface area contributed by atoms with Gasteiger partial charge in [-0.3, -0.25) is 4.79 Å². The van der Waals surface area contributed by atoms with Crippen LogP contribution in [0.15, 0.2) is 24.3 Å². The van der Waals surface area contributed by atoms with Gasteiger partial charge in [0.2, 0.25) is 5.91 Å². The number of rotatable bonds is 3. The summed E-state index contributed by atoms with van der Waals surface area (Å²) in [7, 11) is 0. The first-order chi connectivity index (χ1) is 14.6. The lowest BCUT2D eigenvalue weighted by atomic mass is 9.87. The number of urea groups is 1. The summed E-state index contributed by atoms with van der Waals surface area (Å²) in [6.45, 7) is 2.64. The van der Waals surface area contributed by atoms with Crippen molar-refractivity contribution in [2.45, 2.75) is 57.1 Å². The number of amides is 3. The highest BCUT2D eigenvalue weighted by molar-refractivity contribution is 5.79. The van der Waals surface area contributed by atoms with Gasteiger partial charge in [0.1, 0.15) is 11.9 Å². The van der Waals surface area contributed by atoms with E-state index < -0.39 is 6.10 Å². The summed E-state index contributed by atoms with van der Waals surface area (Å²) in [6.07, 6.45) is 6.74. The Morgan fingerprint density at radius 2 is 1.70 bits per heavy atom. The summed E-state index contributed by atoms with van der Waals surface area (Å²) < 4.78 is 19.8. The molecular formula is C23H32FN3O3. The summed E-state index contributed by atoms with van der Waals surface area (Å²) in [4.78, 5) is 29.2. The van der Waals surface area contributed by atoms with Crippen LogP contribution in [0, 0.1) is 11.7 Å². The van der Waals surface area contributed by atoms with E-state index in [0.29, 0.717) is 44.3 Å². The molecule has 1 atom stereocenters. The van der Waals surface area contributed by atoms with Gasteiger partial charge in [0.05, 0.1) is 13.2 Å². The zero-order valence-corrected chi connectivity index (χ0v) is 17.5. The molecule has 0 bridgehead atoms. The lowest BCUT2D eigenvalue weighted by Gasteiger charge is -2.37. The number of nitrogens with zero attached hydrogens (tertiary/aromatic N) is 2. The third-order valence-electron chi connectivity index (χ3n) is 6.69. The maximum atomic E-state index is 14.1. The number of carbonyl (C=O) groups is 2. The van der Waals surface area contributed by atoms with Gasteiger partial charge in [-0.05, 0) is 31.7 Å². The molecule has 4 rings (SSSR count). The maximum Gasteiger partial charge on any atom is 0.317 e. The van der Waals surface area contributed by atoms with Crippen LogP contribution in [-0.4, -0.2) is 60.6 Å². The number of hydrogen-bond donors (Lipinski definition) is 1. The van der Waals surface area contributed by atoms with Crippen molar-refractivity contribution < 1.29 is 18.7 Å². The molecule has 1 saturated carbocycles. The van der Waals surface area contributed by atoms with Gasteiger partial charge in [-0.25, -0.2) is 9.18 Å². The van der Waals surface area contributed by atoms with Crippen LogP contribution in [0.2, 0.25) is 0 Å². The van der Waals surface area contributed by atoms with Gasteiger partial charge in [-0.1, -0.05) is 37.5 Å². The number of likely N-dealkylation sites (tertiary alicyclic amines) is 1. The van der Waals surface area contributed by atoms with Crippen LogP contribution in [0.3, 0.4) is 0 Å². The van der Waals surface area contributed by atoms with Crippen molar-refractivity contribution in [3.8, 4) is 0 Å². The van der Waals surface area contributed by atoms with E-state index in [9.17, 15) is 14.0 Å². The van der Waals surface area contributed by atoms with Crippen LogP contribution < -0.4 is 5.32 Å². The molecule has 2 saturated heterocycles. The van der Waals surface area contributed by atoms with Gasteiger partial charge in [-0.15, -0.1) is 0 Å². The molecule has 1 aromatic rings. The number of hydrogen-bond acceptors (Lipinski definition) is 3. The fraction of sp³-hybridized carbons (Fsp3) is 0.652. The predicted octanol–water partition coefficient (Wildman–Crippen LogP) is 3.48. The minimum atomic E-state index is -0.444. The maximum absolute atomic E-state index is 14.1. The lowest BCUT2D eigenvalue weighted by Crippen LogP contribution is -2.53. The van der Waals surface area contributed by atoms with Gasteiger partial charge < -0.3 is 19.9 Å². The standard InChI is InChI=1S/C23H32FN3O3/c24-20-9-5-4-8-19(20)21-16-27(14-15-30-21)23(29)25-18-10-12-26(13-11-18)22(28)17-6-2-1-3-7-17/h4-5,8-9,17-18,21H,1-3,6-7,10-16H2,(H,25,29). The normalized spacial score (nSPS) is 24.0. The van der Waals surface area contributed by atoms with Crippen LogP contribution >= 0.6 is 0 Å². The molecule has 1 unspecified atom stereocenters. The van der Waals surface area contributed by atoms with Gasteiger partial charge >= 0.3 is 6.03 Å². The summed E-state index contributed by atoms with van der Waals surface area (Å²) in [5, 5.41) is 3.11. The number of piperidine rings is 1. The molecule has 1 aromatic carbocycles. The van der Waals surface area contributed by atoms with Crippen LogP contribution in [0.5, 0.6) is 0 Å². The predicted molar refractivity (Wildman–Crippen MR) is 111 cm³/mol. The van der Waals surface area contributed by atoms with E-state index in [-0.39, 0.29) is 23.8 Å². The molecule has 1 aliphatic carbocycles. The van der Waals surface area contributed by atoms with E-state index in [1.165, 1.54) is 12.5 Å². The zero-order chi connectivity index (χ0) is 20.9. The Balaban J connectivity index is 1.25. The molecule has 30 heavy (non-hydrogen) atoms. The summed E-state index contributed by atoms with van der Waals surface area (Å²) in [6, 6.07) is 6.50. The number of ether oxygens (including phenoxy) is 1. The number of benzene rings is 1. The highest BCUT2D eigenvalue weighted by Crippen LogP contribution is 2.27. The van der Waals surface area contributed by atoms with E-state index >= 15 is 0 Å². The first-order valence-electron chi connectivity index (χ1n) is 11.3. The largest absolute Gasteiger partial charge is 0.370 e. The highest BCUT2D eigenvalue weighted by atomic mass is 19.1. The van der Waals surface area contributed by atoms with E-state index in [2.05, 4.69) is 5.32 Å². The third kappa shape index (κ3) is 4.94. The van der Waals surface area contributed by atoms with Gasteiger partial charge in [0, 0.05) is 37.2 Å². The number of morpholine rings is 1. The fourth-order valence-corrected chi connectivity index (χ4v) is 4.88. The molecule has 0 radical (unpaired) electrons. The molecule has 2 aliphatic heterocycles. The smallest absolute Gasteiger partial charge is 0.317 e. The molecule has 0 aromatic heterocycles. The number of halogens is 1. The van der Waals surface area contributed by atoms with Gasteiger partial charge in [0.15, 0.2) is 0 Å². The first kappa shape index (κ1) is 21.1. The van der Waals surface area contributed by atoms with E-state index in [1.807, 2.05) is 4.90 Å². The Hall–Kier alpha value is -2.15. The number of nitrogens with one attached hydrogen (secondary N) is 1. The van der Waals surface area contributed by atoms with Gasteiger partial charge in [-0.2, -0.15) is 0 Å². The molecule has 3 amide bonds. The minimum Gasteiger partial charge on any atom is -0.370 e. The average molecular weight is 418 g/mol. The van der Waals surface area contributed by atoms with E-state index in [0.717, 1.165) is 38.5 Å². The lowest BCUT2D eigenvalue weighted by molar-refractivity contribution is -0.137. The van der Waals surface area contributed by atoms with Crippen LogP contribution in [-0.2, 0) is 9.53 Å². The summed E-state index contributed by atoms with van der Waals surface area (Å²) in [5.74, 6) is 0.203. The molecule has 2 heterocycles. The van der Waals surface area contributed by atoms with Crippen molar-refractivity contribution in [1.29, 1.82) is 0 Å². The summed E-state index contributed by atoms with van der Waals surface area (Å²) in [5.41, 5.74) is 0.490. The molecule has 6 nitrogen and oxygen atoms in total. The number of carbonyl (C=O) groups excluding carboxylic acids is 2. The van der Waals surface area contributed by atoms with Crippen molar-refractivity contribution in [2.24, 2.45) is 5.92 Å². The van der Waals surface area contributed by atoms with Crippen LogP contribution in [0.1, 0.15) is 56.6 Å². The second-order valence-corrected chi connectivity index (χ2v) is 8.71. The quantitative estimate of drug-likeness (QED) is 0.819. The topological polar surface area (TPSA) is 61.9 Å². The Kier molecular flexibility index (Phi) is 6.87. The van der Waals surface area contributed by atoms with Crippen molar-refractivity contribution in [3.05, 3.63) is 35.6 Å². The minimum absolute atomic E-state index is 0.0719. The fourth-order valence-electron chi connectivity index (χ4n) is 4.88. The van der Waals surface area contributed by atoms with Crippen molar-refractivity contribution in [2.75, 3.05) is 32.8 Å². The average Bonchev–Trinajstić information content (AvgIpc) is 2.80. The Morgan fingerprint density at radius 3 is 2.43 bits per heavy atom. The molecular weight excluding hydrogens is 385 g/mol. The van der Waals surface area contributed by atoms with E-state index in [1.54, 1.807) is 23.1 Å². The van der Waals surface area contributed by atoms with Crippen LogP contribution in [0.25, 0.3) is 0 Å². The monoisotopic (exact) mass is 417 g/mol. The molecule has 3 aliphatic rings. The second-order valence-electron chi connectivity index (χ2n) is 8.71. The summed E-state index contributed by atoms with van der Waals surface area (Å²) >= 11 is 0. The second kappa shape index (κ2) is 9.77. The molecule has 164 valence electrons. The van der Waals surface area contributed by atoms with Crippen molar-refractivity contribution >= 4 is 11.9 Å². The van der Waals surface area contributed by atoms with Gasteiger partial charge in [0.25, 0.3) is 0 Å². The SMILES string of the molecule is O=C(NC1CCN(C(=O)C2CCCCC2)CC1)N1CCOC(c2ccccc2F)C1. The molecule has 3 fully saturated rings. The molecule has 0 spiro atoms. The van der Waals surface area contributed by atoms with Crippen molar-refractivity contribution in [3.63, 3.8) is 0 Å². The first-order valence-corrected chi connectivity index (χ1v) is 11.3. The Bertz CT molecular complexity index is 745. The zero-order valence-electron chi connectivity index (χ0n) is 17.5. The Labute approximate surface area is 177 Å². The van der Waals surface area contributed by atoms with E-state index in [4.69, 9.17) is 4.74 Å². The third-order valence-corrected chi connectivity index (χ3v) is 6.69. The van der Waals surface area contributed by atoms with Crippen molar-refractivity contribution in [1.82, 2.24) is 15.1 Å². The molecule has 1 N–H and O–H groups in total. The highest BCUT2D eigenvalue weighted by Gasteiger charge is 2.31. The van der Waals surface area contributed by atoms with Crippen LogP contribution in [0.4, 0.5) is 9.18 Å². The molecule has 7 heteroatoms.